The van der Waals surface area contributed by atoms with E-state index < -0.39 is 0 Å². The van der Waals surface area contributed by atoms with Crippen molar-refractivity contribution in [2.24, 2.45) is 0 Å². The summed E-state index contributed by atoms with van der Waals surface area (Å²) in [6.07, 6.45) is 3.01. The van der Waals surface area contributed by atoms with Crippen molar-refractivity contribution < 1.29 is 14.9 Å². The van der Waals surface area contributed by atoms with Crippen molar-refractivity contribution in [3.63, 3.8) is 0 Å². The normalized spacial score (nSPS) is 16.6. The molecule has 2 rings (SSSR count). The Balaban J connectivity index is 1.99. The number of rotatable bonds is 6. The predicted octanol–water partition coefficient (Wildman–Crippen LogP) is 1.11. The summed E-state index contributed by atoms with van der Waals surface area (Å²) < 4.78 is 5.57. The van der Waals surface area contributed by atoms with Gasteiger partial charge in [0.1, 0.15) is 5.82 Å². The number of aliphatic hydroxyl groups is 2. The molecule has 0 aromatic carbocycles. The Kier molecular flexibility index (Phi) is 5.76. The lowest BCUT2D eigenvalue weighted by Gasteiger charge is -2.33. The molecule has 0 saturated carbocycles. The molecule has 1 aromatic heterocycles. The van der Waals surface area contributed by atoms with Crippen molar-refractivity contribution in [2.75, 3.05) is 31.2 Å². The maximum atomic E-state index is 9.33. The van der Waals surface area contributed by atoms with Crippen molar-refractivity contribution in [1.29, 1.82) is 0 Å². The summed E-state index contributed by atoms with van der Waals surface area (Å²) in [5, 5.41) is 18.1. The lowest BCUT2D eigenvalue weighted by molar-refractivity contribution is 0.0158. The van der Waals surface area contributed by atoms with Crippen LogP contribution in [-0.4, -0.2) is 47.6 Å². The molecule has 5 heteroatoms. The summed E-state index contributed by atoms with van der Waals surface area (Å²) in [7, 11) is 0. The van der Waals surface area contributed by atoms with Gasteiger partial charge in [0.25, 0.3) is 0 Å². The molecule has 0 unspecified atom stereocenters. The highest BCUT2D eigenvalue weighted by Crippen LogP contribution is 2.21. The van der Waals surface area contributed by atoms with Crippen LogP contribution in [0.1, 0.15) is 31.0 Å². The van der Waals surface area contributed by atoms with Crippen molar-refractivity contribution in [3.8, 4) is 0 Å². The number of anilines is 1. The summed E-state index contributed by atoms with van der Waals surface area (Å²) >= 11 is 0. The third-order valence-electron chi connectivity index (χ3n) is 3.68. The average molecular weight is 280 g/mol. The molecule has 0 bridgehead atoms. The molecule has 1 saturated heterocycles. The molecule has 1 fully saturated rings. The number of ether oxygens (including phenoxy) is 1. The lowest BCUT2D eigenvalue weighted by Crippen LogP contribution is -2.38. The largest absolute Gasteiger partial charge is 0.394 e. The van der Waals surface area contributed by atoms with Crippen LogP contribution >= 0.6 is 0 Å². The summed E-state index contributed by atoms with van der Waals surface area (Å²) in [5.41, 5.74) is 1.94. The number of hydrogen-bond acceptors (Lipinski definition) is 5. The molecule has 1 aliphatic rings. The van der Waals surface area contributed by atoms with Crippen LogP contribution in [0.15, 0.2) is 12.1 Å². The van der Waals surface area contributed by atoms with Gasteiger partial charge in [-0.3, -0.25) is 0 Å². The van der Waals surface area contributed by atoms with Crippen LogP contribution in [0, 0.1) is 0 Å². The molecule has 112 valence electrons. The van der Waals surface area contributed by atoms with Gasteiger partial charge in [-0.2, -0.15) is 0 Å². The zero-order valence-corrected chi connectivity index (χ0v) is 12.1. The lowest BCUT2D eigenvalue weighted by atomic mass is 10.1. The van der Waals surface area contributed by atoms with Gasteiger partial charge in [0.2, 0.25) is 0 Å². The predicted molar refractivity (Wildman–Crippen MR) is 77.8 cm³/mol. The fourth-order valence-corrected chi connectivity index (χ4v) is 2.54. The summed E-state index contributed by atoms with van der Waals surface area (Å²) in [6, 6.07) is 3.93. The molecule has 2 heterocycles. The number of nitrogens with zero attached hydrogens (tertiary/aromatic N) is 2. The second-order valence-electron chi connectivity index (χ2n) is 5.12. The van der Waals surface area contributed by atoms with Gasteiger partial charge in [0.05, 0.1) is 25.9 Å². The number of pyridine rings is 1. The number of aliphatic hydroxyl groups excluding tert-OH is 2. The van der Waals surface area contributed by atoms with Crippen molar-refractivity contribution in [3.05, 3.63) is 23.4 Å². The zero-order valence-electron chi connectivity index (χ0n) is 12.1. The number of piperidine rings is 1. The number of aryl methyl sites for hydroxylation is 1. The molecular formula is C15H24N2O3. The molecule has 0 spiro atoms. The van der Waals surface area contributed by atoms with Gasteiger partial charge in [0, 0.05) is 18.8 Å². The Morgan fingerprint density at radius 3 is 2.65 bits per heavy atom. The van der Waals surface area contributed by atoms with Crippen LogP contribution < -0.4 is 4.90 Å². The fourth-order valence-electron chi connectivity index (χ4n) is 2.54. The Morgan fingerprint density at radius 1 is 1.30 bits per heavy atom. The molecule has 2 N–H and O–H groups in total. The van der Waals surface area contributed by atoms with Crippen molar-refractivity contribution in [2.45, 2.75) is 38.9 Å². The van der Waals surface area contributed by atoms with Gasteiger partial charge in [-0.1, -0.05) is 6.92 Å². The van der Waals surface area contributed by atoms with Crippen molar-refractivity contribution in [1.82, 2.24) is 4.98 Å². The molecule has 0 aliphatic carbocycles. The van der Waals surface area contributed by atoms with Crippen molar-refractivity contribution >= 4 is 5.82 Å². The van der Waals surface area contributed by atoms with Gasteiger partial charge in [-0.15, -0.1) is 0 Å². The molecule has 0 atom stereocenters. The first-order valence-corrected chi connectivity index (χ1v) is 7.35. The van der Waals surface area contributed by atoms with E-state index in [1.54, 1.807) is 0 Å². The Bertz CT molecular complexity index is 395. The Hall–Kier alpha value is -1.17. The van der Waals surface area contributed by atoms with E-state index in [2.05, 4.69) is 16.8 Å². The Morgan fingerprint density at radius 2 is 2.05 bits per heavy atom. The van der Waals surface area contributed by atoms with Gasteiger partial charge >= 0.3 is 0 Å². The van der Waals surface area contributed by atoms with E-state index >= 15 is 0 Å². The van der Waals surface area contributed by atoms with E-state index in [1.807, 2.05) is 12.1 Å². The molecule has 1 aromatic rings. The maximum Gasteiger partial charge on any atom is 0.129 e. The topological polar surface area (TPSA) is 65.8 Å². The van der Waals surface area contributed by atoms with Crippen LogP contribution in [0.4, 0.5) is 5.82 Å². The van der Waals surface area contributed by atoms with E-state index in [0.717, 1.165) is 49.4 Å². The molecule has 0 amide bonds. The van der Waals surface area contributed by atoms with Crippen LogP contribution in [0.2, 0.25) is 0 Å². The standard InChI is InChI=1S/C15H24N2O3/c1-2-13-9-12(11-19)10-15(16-13)17-5-3-14(4-6-17)20-8-7-18/h9-10,14,18-19H,2-8,11H2,1H3. The van der Waals surface area contributed by atoms with E-state index in [4.69, 9.17) is 9.84 Å². The van der Waals surface area contributed by atoms with Crippen LogP contribution in [0.3, 0.4) is 0 Å². The zero-order chi connectivity index (χ0) is 14.4. The quantitative estimate of drug-likeness (QED) is 0.817. The monoisotopic (exact) mass is 280 g/mol. The first-order valence-electron chi connectivity index (χ1n) is 7.35. The van der Waals surface area contributed by atoms with Crippen LogP contribution in [0.5, 0.6) is 0 Å². The van der Waals surface area contributed by atoms with E-state index in [1.165, 1.54) is 0 Å². The highest BCUT2D eigenvalue weighted by molar-refractivity contribution is 5.43. The van der Waals surface area contributed by atoms with Gasteiger partial charge < -0.3 is 19.8 Å². The number of aromatic nitrogens is 1. The van der Waals surface area contributed by atoms with Gasteiger partial charge in [0.15, 0.2) is 0 Å². The van der Waals surface area contributed by atoms with E-state index in [9.17, 15) is 5.11 Å². The minimum absolute atomic E-state index is 0.0542. The minimum Gasteiger partial charge on any atom is -0.394 e. The van der Waals surface area contributed by atoms with Gasteiger partial charge in [-0.05, 0) is 37.0 Å². The first kappa shape index (κ1) is 15.2. The van der Waals surface area contributed by atoms with E-state index in [0.29, 0.717) is 6.61 Å². The smallest absolute Gasteiger partial charge is 0.129 e. The van der Waals surface area contributed by atoms with E-state index in [-0.39, 0.29) is 19.3 Å². The highest BCUT2D eigenvalue weighted by Gasteiger charge is 2.21. The van der Waals surface area contributed by atoms with Crippen LogP contribution in [0.25, 0.3) is 0 Å². The molecule has 5 nitrogen and oxygen atoms in total. The molecule has 0 radical (unpaired) electrons. The highest BCUT2D eigenvalue weighted by atomic mass is 16.5. The minimum atomic E-state index is 0.0542. The molecular weight excluding hydrogens is 256 g/mol. The summed E-state index contributed by atoms with van der Waals surface area (Å²) in [6.45, 7) is 4.44. The summed E-state index contributed by atoms with van der Waals surface area (Å²) in [5.74, 6) is 0.953. The maximum absolute atomic E-state index is 9.33. The molecule has 1 aliphatic heterocycles. The van der Waals surface area contributed by atoms with Gasteiger partial charge in [-0.25, -0.2) is 4.98 Å². The second-order valence-corrected chi connectivity index (χ2v) is 5.12. The Labute approximate surface area is 120 Å². The molecule has 20 heavy (non-hydrogen) atoms. The second kappa shape index (κ2) is 7.57. The first-order chi connectivity index (χ1) is 9.76. The SMILES string of the molecule is CCc1cc(CO)cc(N2CCC(OCCO)CC2)n1. The van der Waals surface area contributed by atoms with Crippen LogP contribution in [-0.2, 0) is 17.8 Å². The average Bonchev–Trinajstić information content (AvgIpc) is 2.52. The fraction of sp³-hybridized carbons (Fsp3) is 0.667. The summed E-state index contributed by atoms with van der Waals surface area (Å²) in [4.78, 5) is 6.89. The third-order valence-corrected chi connectivity index (χ3v) is 3.68. The number of hydrogen-bond donors (Lipinski definition) is 2. The third kappa shape index (κ3) is 3.91.